The number of methoxy groups -OCH3 is 1. The van der Waals surface area contributed by atoms with Crippen LogP contribution in [0.4, 0.5) is 5.69 Å². The Morgan fingerprint density at radius 3 is 2.70 bits per heavy atom. The molecule has 6 nitrogen and oxygen atoms in total. The zero-order valence-corrected chi connectivity index (χ0v) is 12.4. The second kappa shape index (κ2) is 5.59. The number of nitrogen functional groups attached to an aromatic ring is 1. The van der Waals surface area contributed by atoms with Crippen LogP contribution in [0.3, 0.4) is 0 Å². The van der Waals surface area contributed by atoms with E-state index in [1.54, 1.807) is 13.0 Å². The Kier molecular flexibility index (Phi) is 4.22. The third kappa shape index (κ3) is 2.74. The number of benzene rings is 1. The van der Waals surface area contributed by atoms with Crippen LogP contribution in [0.15, 0.2) is 23.1 Å². The van der Waals surface area contributed by atoms with Crippen LogP contribution < -0.4 is 10.5 Å². The fourth-order valence-electron chi connectivity index (χ4n) is 2.39. The Bertz CT molecular complexity index is 586. The van der Waals surface area contributed by atoms with E-state index in [-0.39, 0.29) is 10.8 Å². The molecule has 2 unspecified atom stereocenters. The Morgan fingerprint density at radius 1 is 1.50 bits per heavy atom. The first kappa shape index (κ1) is 15.1. The van der Waals surface area contributed by atoms with Gasteiger partial charge in [0.2, 0.25) is 10.0 Å². The Hall–Kier alpha value is -1.31. The molecular formula is C13H20N2O4S. The molecule has 3 N–H and O–H groups in total. The van der Waals surface area contributed by atoms with Crippen molar-refractivity contribution in [3.05, 3.63) is 18.2 Å². The maximum Gasteiger partial charge on any atom is 0.243 e. The molecule has 7 heteroatoms. The molecule has 1 fully saturated rings. The number of sulfonamides is 1. The minimum atomic E-state index is -3.57. The van der Waals surface area contributed by atoms with Crippen molar-refractivity contribution in [3.63, 3.8) is 0 Å². The first-order valence-corrected chi connectivity index (χ1v) is 7.92. The highest BCUT2D eigenvalue weighted by Crippen LogP contribution is 2.29. The largest absolute Gasteiger partial charge is 0.495 e. The molecule has 20 heavy (non-hydrogen) atoms. The van der Waals surface area contributed by atoms with Gasteiger partial charge in [0.25, 0.3) is 0 Å². The standard InChI is InChI=1S/C13H20N2O4S/c1-9(16)10-5-6-15(8-10)20(17,18)11-3-4-13(19-2)12(14)7-11/h3-4,7,9-10,16H,5-6,8,14H2,1-2H3. The Balaban J connectivity index is 2.25. The van der Waals surface area contributed by atoms with Crippen molar-refractivity contribution in [1.29, 1.82) is 0 Å². The molecule has 0 bridgehead atoms. The molecule has 112 valence electrons. The summed E-state index contributed by atoms with van der Waals surface area (Å²) >= 11 is 0. The van der Waals surface area contributed by atoms with E-state index in [4.69, 9.17) is 10.5 Å². The van der Waals surface area contributed by atoms with Crippen molar-refractivity contribution in [2.75, 3.05) is 25.9 Å². The highest BCUT2D eigenvalue weighted by Gasteiger charge is 2.34. The SMILES string of the molecule is COc1ccc(S(=O)(=O)N2CCC(C(C)O)C2)cc1N. The molecule has 2 rings (SSSR count). The summed E-state index contributed by atoms with van der Waals surface area (Å²) < 4.78 is 31.4. The van der Waals surface area contributed by atoms with Gasteiger partial charge in [0.05, 0.1) is 23.8 Å². The van der Waals surface area contributed by atoms with Crippen molar-refractivity contribution in [3.8, 4) is 5.75 Å². The lowest BCUT2D eigenvalue weighted by Gasteiger charge is -2.18. The van der Waals surface area contributed by atoms with Crippen LogP contribution in [0.25, 0.3) is 0 Å². The maximum absolute atomic E-state index is 12.5. The minimum absolute atomic E-state index is 0.0135. The van der Waals surface area contributed by atoms with Gasteiger partial charge in [-0.3, -0.25) is 0 Å². The predicted octanol–water partition coefficient (Wildman–Crippen LogP) is 0.669. The molecule has 1 aromatic carbocycles. The predicted molar refractivity (Wildman–Crippen MR) is 76.0 cm³/mol. The quantitative estimate of drug-likeness (QED) is 0.797. The van der Waals surface area contributed by atoms with Gasteiger partial charge >= 0.3 is 0 Å². The summed E-state index contributed by atoms with van der Waals surface area (Å²) in [6.45, 7) is 2.45. The first-order chi connectivity index (χ1) is 9.36. The van der Waals surface area contributed by atoms with Gasteiger partial charge in [-0.2, -0.15) is 4.31 Å². The number of aliphatic hydroxyl groups excluding tert-OH is 1. The highest BCUT2D eigenvalue weighted by molar-refractivity contribution is 7.89. The van der Waals surface area contributed by atoms with Crippen molar-refractivity contribution >= 4 is 15.7 Å². The zero-order chi connectivity index (χ0) is 14.9. The second-order valence-corrected chi connectivity index (χ2v) is 6.99. The molecule has 2 atom stereocenters. The van der Waals surface area contributed by atoms with Crippen molar-refractivity contribution in [1.82, 2.24) is 4.31 Å². The normalized spacial score (nSPS) is 21.9. The lowest BCUT2D eigenvalue weighted by molar-refractivity contribution is 0.133. The molecule has 1 aliphatic heterocycles. The third-order valence-electron chi connectivity index (χ3n) is 3.71. The number of hydrogen-bond donors (Lipinski definition) is 2. The smallest absolute Gasteiger partial charge is 0.243 e. The fraction of sp³-hybridized carbons (Fsp3) is 0.538. The van der Waals surface area contributed by atoms with Gasteiger partial charge in [0.15, 0.2) is 0 Å². The van der Waals surface area contributed by atoms with Crippen LogP contribution >= 0.6 is 0 Å². The van der Waals surface area contributed by atoms with E-state index in [0.717, 1.165) is 0 Å². The van der Waals surface area contributed by atoms with Crippen LogP contribution in [-0.4, -0.2) is 44.1 Å². The summed E-state index contributed by atoms with van der Waals surface area (Å²) in [4.78, 5) is 0.155. The molecule has 1 aliphatic rings. The van der Waals surface area contributed by atoms with Gasteiger partial charge in [0, 0.05) is 13.1 Å². The van der Waals surface area contributed by atoms with Gasteiger partial charge < -0.3 is 15.6 Å². The molecule has 1 heterocycles. The van der Waals surface area contributed by atoms with Gasteiger partial charge in [-0.05, 0) is 37.5 Å². The molecule has 0 spiro atoms. The molecule has 0 aliphatic carbocycles. The molecule has 0 amide bonds. The number of nitrogens with two attached hydrogens (primary N) is 1. The van der Waals surface area contributed by atoms with Crippen LogP contribution in [-0.2, 0) is 10.0 Å². The second-order valence-electron chi connectivity index (χ2n) is 5.06. The Morgan fingerprint density at radius 2 is 2.20 bits per heavy atom. The van der Waals surface area contributed by atoms with Crippen molar-refractivity contribution < 1.29 is 18.3 Å². The van der Waals surface area contributed by atoms with Crippen LogP contribution in [0.2, 0.25) is 0 Å². The monoisotopic (exact) mass is 300 g/mol. The topological polar surface area (TPSA) is 92.9 Å². The number of anilines is 1. The molecule has 1 aromatic rings. The molecular weight excluding hydrogens is 280 g/mol. The summed E-state index contributed by atoms with van der Waals surface area (Å²) in [5.74, 6) is 0.438. The van der Waals surface area contributed by atoms with E-state index in [2.05, 4.69) is 0 Å². The van der Waals surface area contributed by atoms with Gasteiger partial charge in [0.1, 0.15) is 5.75 Å². The van der Waals surface area contributed by atoms with Crippen LogP contribution in [0.5, 0.6) is 5.75 Å². The summed E-state index contributed by atoms with van der Waals surface area (Å²) in [6, 6.07) is 4.44. The number of aliphatic hydroxyl groups is 1. The summed E-state index contributed by atoms with van der Waals surface area (Å²) in [7, 11) is -2.09. The summed E-state index contributed by atoms with van der Waals surface area (Å²) in [5.41, 5.74) is 6.05. The molecule has 0 aromatic heterocycles. The lowest BCUT2D eigenvalue weighted by Crippen LogP contribution is -2.30. The van der Waals surface area contributed by atoms with Gasteiger partial charge in [-0.25, -0.2) is 8.42 Å². The number of hydrogen-bond acceptors (Lipinski definition) is 5. The van der Waals surface area contributed by atoms with E-state index in [1.807, 2.05) is 0 Å². The minimum Gasteiger partial charge on any atom is -0.495 e. The van der Waals surface area contributed by atoms with E-state index in [9.17, 15) is 13.5 Å². The van der Waals surface area contributed by atoms with Crippen molar-refractivity contribution in [2.24, 2.45) is 5.92 Å². The van der Waals surface area contributed by atoms with E-state index in [1.165, 1.54) is 23.5 Å². The zero-order valence-electron chi connectivity index (χ0n) is 11.6. The van der Waals surface area contributed by atoms with E-state index < -0.39 is 16.1 Å². The summed E-state index contributed by atoms with van der Waals surface area (Å²) in [5, 5.41) is 9.56. The average molecular weight is 300 g/mol. The van der Waals surface area contributed by atoms with Crippen molar-refractivity contribution in [2.45, 2.75) is 24.3 Å². The van der Waals surface area contributed by atoms with Gasteiger partial charge in [-0.15, -0.1) is 0 Å². The lowest BCUT2D eigenvalue weighted by atomic mass is 10.0. The summed E-state index contributed by atoms with van der Waals surface area (Å²) in [6.07, 6.45) is 0.166. The van der Waals surface area contributed by atoms with E-state index in [0.29, 0.717) is 30.9 Å². The first-order valence-electron chi connectivity index (χ1n) is 6.48. The number of rotatable bonds is 4. The number of nitrogens with zero attached hydrogens (tertiary/aromatic N) is 1. The molecule has 0 radical (unpaired) electrons. The highest BCUT2D eigenvalue weighted by atomic mass is 32.2. The fourth-order valence-corrected chi connectivity index (χ4v) is 3.94. The van der Waals surface area contributed by atoms with Crippen LogP contribution in [0, 0.1) is 5.92 Å². The van der Waals surface area contributed by atoms with Gasteiger partial charge in [-0.1, -0.05) is 0 Å². The third-order valence-corrected chi connectivity index (χ3v) is 5.57. The maximum atomic E-state index is 12.5. The molecule has 0 saturated carbocycles. The van der Waals surface area contributed by atoms with Crippen LogP contribution in [0.1, 0.15) is 13.3 Å². The average Bonchev–Trinajstić information content (AvgIpc) is 2.89. The Labute approximate surface area is 119 Å². The molecule has 1 saturated heterocycles. The van der Waals surface area contributed by atoms with E-state index >= 15 is 0 Å². The number of ether oxygens (including phenoxy) is 1.